The van der Waals surface area contributed by atoms with Crippen molar-refractivity contribution in [1.29, 1.82) is 0 Å². The Labute approximate surface area is 189 Å². The first-order chi connectivity index (χ1) is 14.4. The van der Waals surface area contributed by atoms with E-state index in [-0.39, 0.29) is 23.3 Å². The average molecular weight is 443 g/mol. The second kappa shape index (κ2) is 8.65. The van der Waals surface area contributed by atoms with Gasteiger partial charge in [0, 0.05) is 4.88 Å². The van der Waals surface area contributed by atoms with Crippen molar-refractivity contribution in [3.63, 3.8) is 0 Å². The van der Waals surface area contributed by atoms with Crippen molar-refractivity contribution >= 4 is 28.2 Å². The molecule has 6 heteroatoms. The number of amides is 2. The van der Waals surface area contributed by atoms with Crippen molar-refractivity contribution in [2.24, 2.45) is 5.73 Å². The molecule has 5 nitrogen and oxygen atoms in total. The zero-order valence-electron chi connectivity index (χ0n) is 19.5. The minimum absolute atomic E-state index is 0.0271. The molecule has 3 N–H and O–H groups in total. The van der Waals surface area contributed by atoms with E-state index in [1.54, 1.807) is 0 Å². The molecule has 3 rings (SSSR count). The highest BCUT2D eigenvalue weighted by molar-refractivity contribution is 7.17. The molecule has 2 aromatic rings. The van der Waals surface area contributed by atoms with Gasteiger partial charge in [0.05, 0.1) is 5.56 Å². The van der Waals surface area contributed by atoms with Crippen LogP contribution in [0.15, 0.2) is 18.2 Å². The number of anilines is 1. The van der Waals surface area contributed by atoms with Crippen LogP contribution in [0.1, 0.15) is 86.3 Å². The van der Waals surface area contributed by atoms with Crippen molar-refractivity contribution in [1.82, 2.24) is 0 Å². The molecule has 2 amide bonds. The first-order valence-electron chi connectivity index (χ1n) is 10.9. The van der Waals surface area contributed by atoms with E-state index in [1.807, 2.05) is 6.07 Å². The molecule has 0 atom stereocenters. The molecule has 0 spiro atoms. The van der Waals surface area contributed by atoms with Crippen LogP contribution < -0.4 is 15.8 Å². The predicted octanol–water partition coefficient (Wildman–Crippen LogP) is 5.34. The van der Waals surface area contributed by atoms with Gasteiger partial charge in [0.2, 0.25) is 0 Å². The summed E-state index contributed by atoms with van der Waals surface area (Å²) in [6, 6.07) is 6.18. The fourth-order valence-electron chi connectivity index (χ4n) is 3.93. The number of carbonyl (C=O) groups excluding carboxylic acids is 2. The summed E-state index contributed by atoms with van der Waals surface area (Å²) < 4.78 is 5.94. The van der Waals surface area contributed by atoms with E-state index >= 15 is 0 Å². The standard InChI is InChI=1S/C25H34N2O3S/c1-24(2,3)15-11-12-18(17(13-15)25(4,5)6)30-14-20(28)27-23-21(22(26)29)16-9-7-8-10-19(16)31-23/h11-13H,7-10,14H2,1-6H3,(H2,26,29)(H,27,28). The number of primary amides is 1. The van der Waals surface area contributed by atoms with Gasteiger partial charge in [0.15, 0.2) is 6.61 Å². The number of aryl methyl sites for hydroxylation is 1. The molecule has 0 saturated carbocycles. The zero-order chi connectivity index (χ0) is 23.0. The molecule has 0 aliphatic heterocycles. The Kier molecular flexibility index (Phi) is 6.51. The van der Waals surface area contributed by atoms with Crippen molar-refractivity contribution in [2.75, 3.05) is 11.9 Å². The minimum Gasteiger partial charge on any atom is -0.483 e. The van der Waals surface area contributed by atoms with Crippen LogP contribution in [0.4, 0.5) is 5.00 Å². The van der Waals surface area contributed by atoms with Crippen LogP contribution in [0.25, 0.3) is 0 Å². The topological polar surface area (TPSA) is 81.4 Å². The first-order valence-corrected chi connectivity index (χ1v) is 11.7. The second-order valence-corrected chi connectivity index (χ2v) is 11.4. The number of carbonyl (C=O) groups is 2. The molecule has 1 aromatic heterocycles. The SMILES string of the molecule is CC(C)(C)c1ccc(OCC(=O)Nc2sc3c(c2C(N)=O)CCCC3)c(C(C)(C)C)c1. The van der Waals surface area contributed by atoms with Crippen LogP contribution in [0.3, 0.4) is 0 Å². The predicted molar refractivity (Wildman–Crippen MR) is 127 cm³/mol. The average Bonchev–Trinajstić information content (AvgIpc) is 3.02. The number of ether oxygens (including phenoxy) is 1. The van der Waals surface area contributed by atoms with Crippen LogP contribution in [0.5, 0.6) is 5.75 Å². The highest BCUT2D eigenvalue weighted by Crippen LogP contribution is 2.38. The van der Waals surface area contributed by atoms with Crippen LogP contribution in [-0.4, -0.2) is 18.4 Å². The summed E-state index contributed by atoms with van der Waals surface area (Å²) in [5.41, 5.74) is 9.30. The van der Waals surface area contributed by atoms with Crippen LogP contribution in [0.2, 0.25) is 0 Å². The molecule has 1 aliphatic rings. The molecule has 0 saturated heterocycles. The van der Waals surface area contributed by atoms with E-state index in [0.717, 1.165) is 41.7 Å². The van der Waals surface area contributed by atoms with Crippen LogP contribution in [-0.2, 0) is 28.5 Å². The van der Waals surface area contributed by atoms with Crippen molar-refractivity contribution < 1.29 is 14.3 Å². The molecule has 0 radical (unpaired) electrons. The number of fused-ring (bicyclic) bond motifs is 1. The van der Waals surface area contributed by atoms with Gasteiger partial charge in [-0.2, -0.15) is 0 Å². The van der Waals surface area contributed by atoms with Gasteiger partial charge in [-0.3, -0.25) is 9.59 Å². The summed E-state index contributed by atoms with van der Waals surface area (Å²) in [7, 11) is 0. The molecule has 1 aromatic carbocycles. The molecule has 1 aliphatic carbocycles. The maximum atomic E-state index is 12.7. The number of nitrogens with two attached hydrogens (primary N) is 1. The van der Waals surface area contributed by atoms with Gasteiger partial charge in [-0.05, 0) is 59.3 Å². The first kappa shape index (κ1) is 23.3. The molecule has 0 bridgehead atoms. The summed E-state index contributed by atoms with van der Waals surface area (Å²) in [6.07, 6.45) is 3.91. The van der Waals surface area contributed by atoms with Gasteiger partial charge in [0.1, 0.15) is 10.8 Å². The Bertz CT molecular complexity index is 993. The normalized spacial score (nSPS) is 14.1. The second-order valence-electron chi connectivity index (χ2n) is 10.3. The third-order valence-electron chi connectivity index (χ3n) is 5.68. The largest absolute Gasteiger partial charge is 0.483 e. The number of hydrogen-bond donors (Lipinski definition) is 2. The lowest BCUT2D eigenvalue weighted by Gasteiger charge is -2.27. The molecular weight excluding hydrogens is 408 g/mol. The van der Waals surface area contributed by atoms with Gasteiger partial charge in [-0.25, -0.2) is 0 Å². The third-order valence-corrected chi connectivity index (χ3v) is 6.89. The Morgan fingerprint density at radius 1 is 1.06 bits per heavy atom. The third kappa shape index (κ3) is 5.29. The Balaban J connectivity index is 1.78. The van der Waals surface area contributed by atoms with Gasteiger partial charge >= 0.3 is 0 Å². The van der Waals surface area contributed by atoms with Crippen LogP contribution >= 0.6 is 11.3 Å². The number of benzene rings is 1. The molecule has 31 heavy (non-hydrogen) atoms. The number of nitrogens with one attached hydrogen (secondary N) is 1. The van der Waals surface area contributed by atoms with E-state index in [4.69, 9.17) is 10.5 Å². The lowest BCUT2D eigenvalue weighted by atomic mass is 9.80. The molecule has 168 valence electrons. The fourth-order valence-corrected chi connectivity index (χ4v) is 5.24. The fraction of sp³-hybridized carbons (Fsp3) is 0.520. The molecule has 1 heterocycles. The Morgan fingerprint density at radius 2 is 1.74 bits per heavy atom. The maximum Gasteiger partial charge on any atom is 0.262 e. The monoisotopic (exact) mass is 442 g/mol. The minimum atomic E-state index is -0.483. The van der Waals surface area contributed by atoms with E-state index in [0.29, 0.717) is 16.3 Å². The zero-order valence-corrected chi connectivity index (χ0v) is 20.3. The lowest BCUT2D eigenvalue weighted by Crippen LogP contribution is -2.24. The number of thiophene rings is 1. The Hall–Kier alpha value is -2.34. The van der Waals surface area contributed by atoms with Gasteiger partial charge in [0.25, 0.3) is 11.8 Å². The summed E-state index contributed by atoms with van der Waals surface area (Å²) in [5, 5.41) is 3.42. The van der Waals surface area contributed by atoms with E-state index in [2.05, 4.69) is 59.0 Å². The molecule has 0 unspecified atom stereocenters. The van der Waals surface area contributed by atoms with E-state index in [9.17, 15) is 9.59 Å². The van der Waals surface area contributed by atoms with Crippen LogP contribution in [0, 0.1) is 0 Å². The Morgan fingerprint density at radius 3 is 2.35 bits per heavy atom. The molecule has 0 fully saturated rings. The van der Waals surface area contributed by atoms with Crippen molar-refractivity contribution in [2.45, 2.75) is 78.1 Å². The molecular formula is C25H34N2O3S. The summed E-state index contributed by atoms with van der Waals surface area (Å²) in [6.45, 7) is 12.8. The summed E-state index contributed by atoms with van der Waals surface area (Å²) in [4.78, 5) is 25.9. The summed E-state index contributed by atoms with van der Waals surface area (Å²) in [5.74, 6) is -0.0690. The van der Waals surface area contributed by atoms with Crippen molar-refractivity contribution in [3.8, 4) is 5.75 Å². The van der Waals surface area contributed by atoms with E-state index < -0.39 is 5.91 Å². The highest BCUT2D eigenvalue weighted by atomic mass is 32.1. The van der Waals surface area contributed by atoms with Gasteiger partial charge in [-0.1, -0.05) is 53.7 Å². The van der Waals surface area contributed by atoms with Gasteiger partial charge in [-0.15, -0.1) is 11.3 Å². The quantitative estimate of drug-likeness (QED) is 0.656. The van der Waals surface area contributed by atoms with Crippen molar-refractivity contribution in [3.05, 3.63) is 45.3 Å². The van der Waals surface area contributed by atoms with E-state index in [1.165, 1.54) is 16.9 Å². The number of rotatable bonds is 5. The summed E-state index contributed by atoms with van der Waals surface area (Å²) >= 11 is 1.46. The maximum absolute atomic E-state index is 12.7. The number of hydrogen-bond acceptors (Lipinski definition) is 4. The lowest BCUT2D eigenvalue weighted by molar-refractivity contribution is -0.118. The highest BCUT2D eigenvalue weighted by Gasteiger charge is 2.26. The smallest absolute Gasteiger partial charge is 0.262 e. The van der Waals surface area contributed by atoms with Gasteiger partial charge < -0.3 is 15.8 Å².